The van der Waals surface area contributed by atoms with E-state index in [9.17, 15) is 9.90 Å². The lowest BCUT2D eigenvalue weighted by Gasteiger charge is -2.16. The zero-order valence-electron chi connectivity index (χ0n) is 12.8. The molecule has 0 aliphatic rings. The summed E-state index contributed by atoms with van der Waals surface area (Å²) in [5.41, 5.74) is 0.931. The number of rotatable bonds is 6. The Bertz CT molecular complexity index is 646. The van der Waals surface area contributed by atoms with Gasteiger partial charge in [0.1, 0.15) is 11.9 Å². The lowest BCUT2D eigenvalue weighted by Crippen LogP contribution is -2.32. The molecule has 0 aliphatic carbocycles. The largest absolute Gasteiger partial charge is 0.480 e. The number of carbonyl (C=O) groups is 1. The highest BCUT2D eigenvalue weighted by Gasteiger charge is 2.19. The predicted molar refractivity (Wildman–Crippen MR) is 84.1 cm³/mol. The summed E-state index contributed by atoms with van der Waals surface area (Å²) in [4.78, 5) is 25.8. The Labute approximate surface area is 129 Å². The van der Waals surface area contributed by atoms with E-state index in [1.54, 1.807) is 11.8 Å². The molecule has 7 nitrogen and oxygen atoms in total. The topological polar surface area (TPSA) is 91.2 Å². The normalized spacial score (nSPS) is 11.8. The Kier molecular flexibility index (Phi) is 4.88. The van der Waals surface area contributed by atoms with Gasteiger partial charge in [-0.3, -0.25) is 0 Å². The van der Waals surface area contributed by atoms with Crippen molar-refractivity contribution >= 4 is 17.9 Å². The summed E-state index contributed by atoms with van der Waals surface area (Å²) in [6.45, 7) is 1.74. The van der Waals surface area contributed by atoms with Gasteiger partial charge in [0.2, 0.25) is 11.9 Å². The Morgan fingerprint density at radius 3 is 2.50 bits per heavy atom. The van der Waals surface area contributed by atoms with Crippen molar-refractivity contribution < 1.29 is 9.90 Å². The first-order valence-corrected chi connectivity index (χ1v) is 6.89. The number of aryl methyl sites for hydroxylation is 1. The molecule has 116 valence electrons. The van der Waals surface area contributed by atoms with Crippen LogP contribution in [0.4, 0.5) is 11.9 Å². The minimum Gasteiger partial charge on any atom is -0.480 e. The van der Waals surface area contributed by atoms with Crippen molar-refractivity contribution in [3.63, 3.8) is 0 Å². The van der Waals surface area contributed by atoms with Crippen molar-refractivity contribution in [3.05, 3.63) is 41.7 Å². The number of hydrogen-bond acceptors (Lipinski definition) is 6. The van der Waals surface area contributed by atoms with E-state index in [0.29, 0.717) is 18.2 Å². The van der Waals surface area contributed by atoms with E-state index in [0.717, 1.165) is 5.56 Å². The van der Waals surface area contributed by atoms with E-state index in [-0.39, 0.29) is 5.95 Å². The molecule has 2 N–H and O–H groups in total. The van der Waals surface area contributed by atoms with Gasteiger partial charge in [0.05, 0.1) is 0 Å². The van der Waals surface area contributed by atoms with E-state index in [1.807, 2.05) is 44.4 Å². The maximum atomic E-state index is 11.5. The molecule has 0 fully saturated rings. The van der Waals surface area contributed by atoms with E-state index < -0.39 is 12.0 Å². The number of anilines is 2. The van der Waals surface area contributed by atoms with Crippen LogP contribution in [0, 0.1) is 6.92 Å². The molecule has 0 radical (unpaired) electrons. The molecule has 0 saturated carbocycles. The summed E-state index contributed by atoms with van der Waals surface area (Å²) in [7, 11) is 3.63. The van der Waals surface area contributed by atoms with E-state index in [4.69, 9.17) is 0 Å². The van der Waals surface area contributed by atoms with Crippen LogP contribution in [-0.2, 0) is 11.2 Å². The molecular formula is C15H19N5O2. The lowest BCUT2D eigenvalue weighted by atomic mass is 10.1. The van der Waals surface area contributed by atoms with Gasteiger partial charge in [0.25, 0.3) is 0 Å². The molecule has 2 aromatic rings. The first kappa shape index (κ1) is 15.7. The average Bonchev–Trinajstić information content (AvgIpc) is 2.47. The van der Waals surface area contributed by atoms with E-state index in [2.05, 4.69) is 20.3 Å². The monoisotopic (exact) mass is 301 g/mol. The summed E-state index contributed by atoms with van der Waals surface area (Å²) in [6.07, 6.45) is 0.345. The Hall–Kier alpha value is -2.70. The van der Waals surface area contributed by atoms with Gasteiger partial charge in [-0.2, -0.15) is 15.0 Å². The van der Waals surface area contributed by atoms with Gasteiger partial charge in [-0.15, -0.1) is 0 Å². The van der Waals surface area contributed by atoms with Gasteiger partial charge in [-0.05, 0) is 12.5 Å². The molecule has 1 aromatic carbocycles. The van der Waals surface area contributed by atoms with Crippen LogP contribution in [0.15, 0.2) is 30.3 Å². The number of hydrogen-bond donors (Lipinski definition) is 2. The second kappa shape index (κ2) is 6.84. The number of aliphatic carboxylic acids is 1. The minimum absolute atomic E-state index is 0.263. The fourth-order valence-electron chi connectivity index (χ4n) is 1.94. The van der Waals surface area contributed by atoms with Crippen molar-refractivity contribution in [1.82, 2.24) is 15.0 Å². The highest BCUT2D eigenvalue weighted by atomic mass is 16.4. The SMILES string of the molecule is Cc1nc(N[C@@H](Cc2ccccc2)C(=O)O)nc(N(C)C)n1. The Balaban J connectivity index is 2.19. The van der Waals surface area contributed by atoms with Crippen molar-refractivity contribution in [2.24, 2.45) is 0 Å². The third-order valence-corrected chi connectivity index (χ3v) is 3.02. The third kappa shape index (κ3) is 4.15. The Morgan fingerprint density at radius 2 is 1.91 bits per heavy atom. The molecule has 0 bridgehead atoms. The summed E-state index contributed by atoms with van der Waals surface area (Å²) in [5.74, 6) is 0.330. The Morgan fingerprint density at radius 1 is 1.23 bits per heavy atom. The number of carboxylic acids is 1. The van der Waals surface area contributed by atoms with Crippen LogP contribution in [0.5, 0.6) is 0 Å². The third-order valence-electron chi connectivity index (χ3n) is 3.02. The van der Waals surface area contributed by atoms with Crippen molar-refractivity contribution in [2.45, 2.75) is 19.4 Å². The smallest absolute Gasteiger partial charge is 0.326 e. The lowest BCUT2D eigenvalue weighted by molar-refractivity contribution is -0.137. The molecule has 0 spiro atoms. The molecule has 0 aliphatic heterocycles. The van der Waals surface area contributed by atoms with Gasteiger partial charge in [-0.1, -0.05) is 30.3 Å². The molecule has 0 unspecified atom stereocenters. The molecule has 7 heteroatoms. The first-order chi connectivity index (χ1) is 10.5. The number of benzene rings is 1. The number of nitrogens with one attached hydrogen (secondary N) is 1. The van der Waals surface area contributed by atoms with Crippen LogP contribution in [0.3, 0.4) is 0 Å². The predicted octanol–water partition coefficient (Wildman–Crippen LogP) is 1.35. The van der Waals surface area contributed by atoms with Crippen LogP contribution in [0.25, 0.3) is 0 Å². The van der Waals surface area contributed by atoms with Crippen LogP contribution in [0.1, 0.15) is 11.4 Å². The fourth-order valence-corrected chi connectivity index (χ4v) is 1.94. The van der Waals surface area contributed by atoms with Gasteiger partial charge in [0, 0.05) is 20.5 Å². The fraction of sp³-hybridized carbons (Fsp3) is 0.333. The molecule has 1 aromatic heterocycles. The number of carboxylic acid groups (broad SMARTS) is 1. The molecular weight excluding hydrogens is 282 g/mol. The zero-order chi connectivity index (χ0) is 16.1. The molecule has 1 atom stereocenters. The van der Waals surface area contributed by atoms with Gasteiger partial charge in [0.15, 0.2) is 0 Å². The molecule has 1 heterocycles. The van der Waals surface area contributed by atoms with Crippen molar-refractivity contribution in [1.29, 1.82) is 0 Å². The quantitative estimate of drug-likeness (QED) is 0.832. The molecule has 22 heavy (non-hydrogen) atoms. The van der Waals surface area contributed by atoms with Crippen LogP contribution in [0.2, 0.25) is 0 Å². The molecule has 0 saturated heterocycles. The van der Waals surface area contributed by atoms with Crippen LogP contribution >= 0.6 is 0 Å². The standard InChI is InChI=1S/C15H19N5O2/c1-10-16-14(19-15(17-10)20(2)3)18-12(13(21)22)9-11-7-5-4-6-8-11/h4-8,12H,9H2,1-3H3,(H,21,22)(H,16,17,18,19)/t12-/m0/s1. The van der Waals surface area contributed by atoms with Crippen molar-refractivity contribution in [2.75, 3.05) is 24.3 Å². The average molecular weight is 301 g/mol. The second-order valence-corrected chi connectivity index (χ2v) is 5.13. The van der Waals surface area contributed by atoms with Gasteiger partial charge < -0.3 is 15.3 Å². The number of aromatic nitrogens is 3. The van der Waals surface area contributed by atoms with Gasteiger partial charge >= 0.3 is 5.97 Å². The van der Waals surface area contributed by atoms with Crippen LogP contribution in [-0.4, -0.2) is 46.2 Å². The zero-order valence-corrected chi connectivity index (χ0v) is 12.8. The summed E-state index contributed by atoms with van der Waals surface area (Å²) in [5, 5.41) is 12.3. The highest BCUT2D eigenvalue weighted by molar-refractivity contribution is 5.77. The second-order valence-electron chi connectivity index (χ2n) is 5.13. The molecule has 2 rings (SSSR count). The first-order valence-electron chi connectivity index (χ1n) is 6.89. The summed E-state index contributed by atoms with van der Waals surface area (Å²) >= 11 is 0. The van der Waals surface area contributed by atoms with Gasteiger partial charge in [-0.25, -0.2) is 4.79 Å². The van der Waals surface area contributed by atoms with E-state index in [1.165, 1.54) is 0 Å². The maximum absolute atomic E-state index is 11.5. The summed E-state index contributed by atoms with van der Waals surface area (Å²) in [6, 6.07) is 8.63. The number of nitrogens with zero attached hydrogens (tertiary/aromatic N) is 4. The molecule has 0 amide bonds. The van der Waals surface area contributed by atoms with Crippen LogP contribution < -0.4 is 10.2 Å². The highest BCUT2D eigenvalue weighted by Crippen LogP contribution is 2.11. The van der Waals surface area contributed by atoms with Crippen molar-refractivity contribution in [3.8, 4) is 0 Å². The maximum Gasteiger partial charge on any atom is 0.326 e. The van der Waals surface area contributed by atoms with E-state index >= 15 is 0 Å². The minimum atomic E-state index is -0.951. The summed E-state index contributed by atoms with van der Waals surface area (Å²) < 4.78 is 0.